The fourth-order valence-corrected chi connectivity index (χ4v) is 3.33. The number of anilines is 1. The van der Waals surface area contributed by atoms with Crippen molar-refractivity contribution >= 4 is 40.9 Å². The minimum Gasteiger partial charge on any atom is -0.353 e. The molecule has 0 heterocycles. The molecule has 0 unspecified atom stereocenters. The molecule has 2 aromatic rings. The number of nitrogens with one attached hydrogen (secondary N) is 2. The van der Waals surface area contributed by atoms with Crippen LogP contribution in [0.2, 0.25) is 5.02 Å². The lowest BCUT2D eigenvalue weighted by molar-refractivity contribution is -0.119. The summed E-state index contributed by atoms with van der Waals surface area (Å²) in [6, 6.07) is 12.7. The maximum Gasteiger partial charge on any atom is 0.256 e. The van der Waals surface area contributed by atoms with E-state index in [1.807, 2.05) is 39.0 Å². The second kappa shape index (κ2) is 8.92. The van der Waals surface area contributed by atoms with Crippen molar-refractivity contribution in [3.8, 4) is 0 Å². The first-order chi connectivity index (χ1) is 11.9. The Hall–Kier alpha value is -1.98. The summed E-state index contributed by atoms with van der Waals surface area (Å²) in [7, 11) is 0. The molecule has 0 spiro atoms. The van der Waals surface area contributed by atoms with Crippen molar-refractivity contribution in [2.24, 2.45) is 0 Å². The van der Waals surface area contributed by atoms with Crippen molar-refractivity contribution in [1.82, 2.24) is 5.32 Å². The van der Waals surface area contributed by atoms with Crippen LogP contribution in [0.5, 0.6) is 0 Å². The predicted molar refractivity (Wildman–Crippen MR) is 105 cm³/mol. The third-order valence-electron chi connectivity index (χ3n) is 3.38. The fraction of sp³-hybridized carbons (Fsp3) is 0.263. The molecule has 2 amide bonds. The molecule has 0 fully saturated rings. The summed E-state index contributed by atoms with van der Waals surface area (Å²) in [5.74, 6) is 0.00386. The third kappa shape index (κ3) is 5.80. The average Bonchev–Trinajstić information content (AvgIpc) is 2.55. The second-order valence-corrected chi connectivity index (χ2v) is 7.37. The molecular weight excluding hydrogens is 356 g/mol. The highest BCUT2D eigenvalue weighted by Gasteiger charge is 2.14. The molecule has 4 nitrogen and oxygen atoms in total. The van der Waals surface area contributed by atoms with Crippen molar-refractivity contribution in [3.05, 3.63) is 58.6 Å². The highest BCUT2D eigenvalue weighted by molar-refractivity contribution is 8.00. The zero-order chi connectivity index (χ0) is 18.4. The number of benzene rings is 2. The van der Waals surface area contributed by atoms with E-state index < -0.39 is 0 Å². The molecule has 0 aromatic heterocycles. The predicted octanol–water partition coefficient (Wildman–Crippen LogP) is 4.52. The summed E-state index contributed by atoms with van der Waals surface area (Å²) < 4.78 is 0. The van der Waals surface area contributed by atoms with Crippen LogP contribution in [0, 0.1) is 6.92 Å². The van der Waals surface area contributed by atoms with Crippen LogP contribution in [0.15, 0.2) is 47.4 Å². The normalized spacial score (nSPS) is 10.6. The Morgan fingerprint density at radius 3 is 2.56 bits per heavy atom. The lowest BCUT2D eigenvalue weighted by Gasteiger charge is -2.12. The van der Waals surface area contributed by atoms with Crippen molar-refractivity contribution in [2.45, 2.75) is 31.7 Å². The number of amides is 2. The smallest absolute Gasteiger partial charge is 0.256 e. The Balaban J connectivity index is 2.10. The molecule has 0 saturated heterocycles. The van der Waals surface area contributed by atoms with E-state index in [1.54, 1.807) is 24.3 Å². The lowest BCUT2D eigenvalue weighted by atomic mass is 10.1. The molecule has 0 aliphatic carbocycles. The lowest BCUT2D eigenvalue weighted by Crippen LogP contribution is -2.31. The average molecular weight is 377 g/mol. The van der Waals surface area contributed by atoms with Crippen LogP contribution < -0.4 is 10.6 Å². The van der Waals surface area contributed by atoms with Crippen molar-refractivity contribution in [1.29, 1.82) is 0 Å². The van der Waals surface area contributed by atoms with Gasteiger partial charge in [0.15, 0.2) is 0 Å². The summed E-state index contributed by atoms with van der Waals surface area (Å²) in [5.41, 5.74) is 2.15. The molecule has 2 rings (SSSR count). The number of hydrogen-bond acceptors (Lipinski definition) is 3. The zero-order valence-corrected chi connectivity index (χ0v) is 16.0. The fourth-order valence-electron chi connectivity index (χ4n) is 2.24. The van der Waals surface area contributed by atoms with Gasteiger partial charge in [-0.25, -0.2) is 0 Å². The number of hydrogen-bond donors (Lipinski definition) is 2. The molecule has 0 saturated carbocycles. The summed E-state index contributed by atoms with van der Waals surface area (Å²) in [6.45, 7) is 5.72. The summed E-state index contributed by atoms with van der Waals surface area (Å²) in [5, 5.41) is 6.37. The Bertz CT molecular complexity index is 778. The van der Waals surface area contributed by atoms with E-state index in [0.29, 0.717) is 16.3 Å². The van der Waals surface area contributed by atoms with Crippen molar-refractivity contribution in [2.75, 3.05) is 11.1 Å². The third-order valence-corrected chi connectivity index (χ3v) is 4.69. The van der Waals surface area contributed by atoms with Gasteiger partial charge in [-0.05, 0) is 56.7 Å². The Kier molecular flexibility index (Phi) is 6.91. The topological polar surface area (TPSA) is 58.2 Å². The number of carbonyl (C=O) groups excluding carboxylic acids is 2. The van der Waals surface area contributed by atoms with Gasteiger partial charge in [0.25, 0.3) is 5.91 Å². The monoisotopic (exact) mass is 376 g/mol. The summed E-state index contributed by atoms with van der Waals surface area (Å²) >= 11 is 7.30. The molecule has 2 N–H and O–H groups in total. The molecule has 132 valence electrons. The van der Waals surface area contributed by atoms with Crippen molar-refractivity contribution in [3.63, 3.8) is 0 Å². The Morgan fingerprint density at radius 2 is 1.88 bits per heavy atom. The van der Waals surface area contributed by atoms with Gasteiger partial charge in [0.05, 0.1) is 11.3 Å². The minimum atomic E-state index is -0.210. The van der Waals surface area contributed by atoms with Gasteiger partial charge in [0.2, 0.25) is 5.91 Å². The van der Waals surface area contributed by atoms with Crippen molar-refractivity contribution < 1.29 is 9.59 Å². The number of rotatable bonds is 6. The first-order valence-electron chi connectivity index (χ1n) is 7.95. The van der Waals surface area contributed by atoms with Gasteiger partial charge in [-0.1, -0.05) is 23.7 Å². The van der Waals surface area contributed by atoms with Crippen LogP contribution in [0.4, 0.5) is 5.69 Å². The second-order valence-electron chi connectivity index (χ2n) is 5.92. The van der Waals surface area contributed by atoms with Crippen LogP contribution in [0.25, 0.3) is 0 Å². The molecule has 2 aromatic carbocycles. The van der Waals surface area contributed by atoms with Gasteiger partial charge in [-0.3, -0.25) is 9.59 Å². The van der Waals surface area contributed by atoms with Crippen LogP contribution in [0.3, 0.4) is 0 Å². The van der Waals surface area contributed by atoms with E-state index in [9.17, 15) is 9.59 Å². The Morgan fingerprint density at radius 1 is 1.16 bits per heavy atom. The number of halogens is 1. The van der Waals surface area contributed by atoms with E-state index in [-0.39, 0.29) is 23.6 Å². The largest absolute Gasteiger partial charge is 0.353 e. The molecule has 0 aliphatic heterocycles. The molecule has 25 heavy (non-hydrogen) atoms. The van der Waals surface area contributed by atoms with Gasteiger partial charge in [-0.15, -0.1) is 11.8 Å². The summed E-state index contributed by atoms with van der Waals surface area (Å²) in [6.07, 6.45) is 0. The quantitative estimate of drug-likeness (QED) is 0.729. The number of carbonyl (C=O) groups is 2. The van der Waals surface area contributed by atoms with Crippen LogP contribution in [0.1, 0.15) is 29.8 Å². The van der Waals surface area contributed by atoms with E-state index in [1.165, 1.54) is 11.8 Å². The van der Waals surface area contributed by atoms with Gasteiger partial charge < -0.3 is 10.6 Å². The SMILES string of the molecule is Cc1cc(Cl)ccc1NC(=O)c1ccccc1SCC(=O)NC(C)C. The van der Waals surface area contributed by atoms with E-state index in [4.69, 9.17) is 11.6 Å². The van der Waals surface area contributed by atoms with E-state index >= 15 is 0 Å². The molecule has 0 aliphatic rings. The number of thioether (sulfide) groups is 1. The van der Waals surface area contributed by atoms with E-state index in [2.05, 4.69) is 10.6 Å². The maximum atomic E-state index is 12.6. The molecular formula is C19H21ClN2O2S. The molecule has 0 bridgehead atoms. The highest BCUT2D eigenvalue weighted by atomic mass is 35.5. The minimum absolute atomic E-state index is 0.0521. The van der Waals surface area contributed by atoms with Gasteiger partial charge in [0, 0.05) is 21.6 Å². The van der Waals surface area contributed by atoms with Crippen LogP contribution in [-0.4, -0.2) is 23.6 Å². The molecule has 0 radical (unpaired) electrons. The van der Waals surface area contributed by atoms with Gasteiger partial charge in [-0.2, -0.15) is 0 Å². The van der Waals surface area contributed by atoms with E-state index in [0.717, 1.165) is 10.5 Å². The van der Waals surface area contributed by atoms with Crippen LogP contribution in [-0.2, 0) is 4.79 Å². The zero-order valence-electron chi connectivity index (χ0n) is 14.4. The Labute approximate surface area is 157 Å². The molecule has 6 heteroatoms. The highest BCUT2D eigenvalue weighted by Crippen LogP contribution is 2.25. The maximum absolute atomic E-state index is 12.6. The number of aryl methyl sites for hydroxylation is 1. The summed E-state index contributed by atoms with van der Waals surface area (Å²) in [4.78, 5) is 25.2. The van der Waals surface area contributed by atoms with Crippen LogP contribution >= 0.6 is 23.4 Å². The first-order valence-corrected chi connectivity index (χ1v) is 9.32. The standard InChI is InChI=1S/C19H21ClN2O2S/c1-12(2)21-18(23)11-25-17-7-5-4-6-15(17)19(24)22-16-9-8-14(20)10-13(16)3/h4-10,12H,11H2,1-3H3,(H,21,23)(H,22,24). The molecule has 0 atom stereocenters. The first kappa shape index (κ1) is 19.3. The van der Waals surface area contributed by atoms with Gasteiger partial charge in [0.1, 0.15) is 0 Å². The van der Waals surface area contributed by atoms with Gasteiger partial charge >= 0.3 is 0 Å².